The van der Waals surface area contributed by atoms with E-state index >= 15 is 0 Å². The lowest BCUT2D eigenvalue weighted by atomic mass is 9.98. The maximum Gasteiger partial charge on any atom is 0.355 e. The molecular formula is C19H20N2O6. The summed E-state index contributed by atoms with van der Waals surface area (Å²) in [4.78, 5) is 15.1. The summed E-state index contributed by atoms with van der Waals surface area (Å²) >= 11 is 0. The van der Waals surface area contributed by atoms with Crippen molar-refractivity contribution in [3.63, 3.8) is 0 Å². The largest absolute Gasteiger partial charge is 0.450 e. The van der Waals surface area contributed by atoms with E-state index in [1.807, 2.05) is 30.3 Å². The molecule has 142 valence electrons. The number of fused-ring (bicyclic) bond motifs is 1. The first kappa shape index (κ1) is 17.7. The number of nitrogens with zero attached hydrogens (tertiary/aromatic N) is 1. The third-order valence-corrected chi connectivity index (χ3v) is 4.81. The minimum absolute atomic E-state index is 0.220. The third-order valence-electron chi connectivity index (χ3n) is 4.81. The van der Waals surface area contributed by atoms with Gasteiger partial charge in [-0.25, -0.2) is 4.79 Å². The van der Waals surface area contributed by atoms with Gasteiger partial charge in [0.2, 0.25) is 0 Å². The SMILES string of the molecule is O=C(OC1C(O)C(O)C(CO)OC1n1ccc2ccccc21)c1ccc[nH]1. The molecule has 2 aromatic heterocycles. The van der Waals surface area contributed by atoms with Gasteiger partial charge in [-0.1, -0.05) is 18.2 Å². The molecule has 27 heavy (non-hydrogen) atoms. The Labute approximate surface area is 154 Å². The molecule has 1 saturated heterocycles. The van der Waals surface area contributed by atoms with E-state index in [0.717, 1.165) is 10.9 Å². The molecule has 4 N–H and O–H groups in total. The van der Waals surface area contributed by atoms with Crippen LogP contribution < -0.4 is 0 Å². The fraction of sp³-hybridized carbons (Fsp3) is 0.316. The summed E-state index contributed by atoms with van der Waals surface area (Å²) in [6.07, 6.45) is -2.59. The summed E-state index contributed by atoms with van der Waals surface area (Å²) in [5, 5.41) is 31.3. The second-order valence-electron chi connectivity index (χ2n) is 6.46. The first-order valence-corrected chi connectivity index (χ1v) is 8.62. The Balaban J connectivity index is 1.71. The summed E-state index contributed by atoms with van der Waals surface area (Å²) in [6, 6.07) is 12.6. The van der Waals surface area contributed by atoms with Crippen LogP contribution >= 0.6 is 0 Å². The highest BCUT2D eigenvalue weighted by atomic mass is 16.6. The zero-order valence-corrected chi connectivity index (χ0v) is 14.3. The molecule has 0 spiro atoms. The quantitative estimate of drug-likeness (QED) is 0.504. The second-order valence-corrected chi connectivity index (χ2v) is 6.46. The summed E-state index contributed by atoms with van der Waals surface area (Å²) in [6.45, 7) is -0.481. The van der Waals surface area contributed by atoms with Crippen LogP contribution in [0.3, 0.4) is 0 Å². The number of aromatic amines is 1. The number of para-hydroxylation sites is 1. The average molecular weight is 372 g/mol. The monoisotopic (exact) mass is 372 g/mol. The van der Waals surface area contributed by atoms with Crippen LogP contribution in [0.2, 0.25) is 0 Å². The molecule has 1 fully saturated rings. The van der Waals surface area contributed by atoms with Crippen LogP contribution in [-0.4, -0.2) is 61.9 Å². The van der Waals surface area contributed by atoms with E-state index in [-0.39, 0.29) is 5.69 Å². The van der Waals surface area contributed by atoms with Gasteiger partial charge >= 0.3 is 5.97 Å². The Hall–Kier alpha value is -2.65. The lowest BCUT2D eigenvalue weighted by Gasteiger charge is -2.42. The number of carbonyl (C=O) groups excluding carboxylic acids is 1. The van der Waals surface area contributed by atoms with Crippen molar-refractivity contribution >= 4 is 16.9 Å². The molecule has 8 nitrogen and oxygen atoms in total. The number of H-pyrrole nitrogens is 1. The Morgan fingerprint density at radius 2 is 1.96 bits per heavy atom. The van der Waals surface area contributed by atoms with Crippen LogP contribution in [0.4, 0.5) is 0 Å². The maximum atomic E-state index is 12.4. The molecule has 3 aromatic rings. The predicted octanol–water partition coefficient (Wildman–Crippen LogP) is 0.806. The number of ether oxygens (including phenoxy) is 2. The first-order valence-electron chi connectivity index (χ1n) is 8.62. The minimum atomic E-state index is -1.43. The minimum Gasteiger partial charge on any atom is -0.450 e. The predicted molar refractivity (Wildman–Crippen MR) is 94.9 cm³/mol. The fourth-order valence-corrected chi connectivity index (χ4v) is 3.39. The Bertz CT molecular complexity index is 921. The normalized spacial score (nSPS) is 28.3. The van der Waals surface area contributed by atoms with Gasteiger partial charge in [0.25, 0.3) is 0 Å². The van der Waals surface area contributed by atoms with Gasteiger partial charge in [-0.05, 0) is 29.7 Å². The maximum absolute atomic E-state index is 12.4. The van der Waals surface area contributed by atoms with E-state index in [0.29, 0.717) is 0 Å². The molecule has 1 aromatic carbocycles. The van der Waals surface area contributed by atoms with E-state index < -0.39 is 43.2 Å². The summed E-state index contributed by atoms with van der Waals surface area (Å²) < 4.78 is 13.0. The third kappa shape index (κ3) is 3.13. The van der Waals surface area contributed by atoms with Crippen LogP contribution in [0.25, 0.3) is 10.9 Å². The van der Waals surface area contributed by atoms with E-state index in [4.69, 9.17) is 9.47 Å². The molecule has 0 bridgehead atoms. The van der Waals surface area contributed by atoms with Gasteiger partial charge in [-0.3, -0.25) is 0 Å². The van der Waals surface area contributed by atoms with Crippen molar-refractivity contribution in [3.05, 3.63) is 60.6 Å². The van der Waals surface area contributed by atoms with Crippen molar-refractivity contribution in [1.82, 2.24) is 9.55 Å². The van der Waals surface area contributed by atoms with Crippen molar-refractivity contribution in [3.8, 4) is 0 Å². The number of benzene rings is 1. The van der Waals surface area contributed by atoms with Crippen LogP contribution in [0.15, 0.2) is 54.9 Å². The van der Waals surface area contributed by atoms with Gasteiger partial charge in [-0.15, -0.1) is 0 Å². The number of esters is 1. The van der Waals surface area contributed by atoms with Gasteiger partial charge < -0.3 is 34.3 Å². The molecule has 3 heterocycles. The Morgan fingerprint density at radius 3 is 2.70 bits per heavy atom. The second kappa shape index (κ2) is 7.16. The number of carbonyl (C=O) groups is 1. The molecule has 8 heteroatoms. The molecule has 4 rings (SSSR count). The van der Waals surface area contributed by atoms with Crippen LogP contribution in [0, 0.1) is 0 Å². The van der Waals surface area contributed by atoms with Crippen molar-refractivity contribution in [2.75, 3.05) is 6.61 Å². The molecule has 0 amide bonds. The first-order chi connectivity index (χ1) is 13.1. The van der Waals surface area contributed by atoms with Gasteiger partial charge in [0.15, 0.2) is 12.3 Å². The van der Waals surface area contributed by atoms with Crippen molar-refractivity contribution in [2.45, 2.75) is 30.6 Å². The molecule has 1 aliphatic heterocycles. The number of hydrogen-bond acceptors (Lipinski definition) is 6. The standard InChI is InChI=1S/C19H20N2O6/c22-10-14-15(23)16(24)17(27-19(25)12-5-3-8-20-12)18(26-14)21-9-7-11-4-1-2-6-13(11)21/h1-9,14-18,20,22-24H,10H2. The van der Waals surface area contributed by atoms with Crippen LogP contribution in [-0.2, 0) is 9.47 Å². The van der Waals surface area contributed by atoms with Gasteiger partial charge in [0.1, 0.15) is 24.0 Å². The molecule has 0 saturated carbocycles. The number of aromatic nitrogens is 2. The van der Waals surface area contributed by atoms with E-state index in [2.05, 4.69) is 4.98 Å². The molecule has 5 atom stereocenters. The summed E-state index contributed by atoms with van der Waals surface area (Å²) in [5.41, 5.74) is 1.03. The van der Waals surface area contributed by atoms with Gasteiger partial charge in [-0.2, -0.15) is 0 Å². The highest BCUT2D eigenvalue weighted by Crippen LogP contribution is 2.33. The highest BCUT2D eigenvalue weighted by Gasteiger charge is 2.47. The topological polar surface area (TPSA) is 117 Å². The smallest absolute Gasteiger partial charge is 0.355 e. The van der Waals surface area contributed by atoms with Crippen molar-refractivity contribution in [2.24, 2.45) is 0 Å². The van der Waals surface area contributed by atoms with Gasteiger partial charge in [0, 0.05) is 12.4 Å². The van der Waals surface area contributed by atoms with Crippen LogP contribution in [0.1, 0.15) is 16.7 Å². The fourth-order valence-electron chi connectivity index (χ4n) is 3.39. The zero-order valence-electron chi connectivity index (χ0n) is 14.3. The molecular weight excluding hydrogens is 352 g/mol. The molecule has 1 aliphatic rings. The van der Waals surface area contributed by atoms with E-state index in [1.54, 1.807) is 29.1 Å². The number of hydrogen-bond donors (Lipinski definition) is 4. The van der Waals surface area contributed by atoms with Crippen molar-refractivity contribution in [1.29, 1.82) is 0 Å². The molecule has 5 unspecified atom stereocenters. The Kier molecular flexibility index (Phi) is 4.71. The van der Waals surface area contributed by atoms with E-state index in [9.17, 15) is 20.1 Å². The molecule has 0 aliphatic carbocycles. The highest BCUT2D eigenvalue weighted by molar-refractivity contribution is 5.87. The van der Waals surface area contributed by atoms with Gasteiger partial charge in [0.05, 0.1) is 12.1 Å². The summed E-state index contributed by atoms with van der Waals surface area (Å²) in [7, 11) is 0. The molecule has 0 radical (unpaired) electrons. The zero-order chi connectivity index (χ0) is 19.0. The lowest BCUT2D eigenvalue weighted by molar-refractivity contribution is -0.249. The van der Waals surface area contributed by atoms with Crippen LogP contribution in [0.5, 0.6) is 0 Å². The number of aliphatic hydroxyl groups excluding tert-OH is 3. The summed E-state index contributed by atoms with van der Waals surface area (Å²) in [5.74, 6) is -0.677. The van der Waals surface area contributed by atoms with E-state index in [1.165, 1.54) is 0 Å². The number of nitrogens with one attached hydrogen (secondary N) is 1. The number of aliphatic hydroxyl groups is 3. The van der Waals surface area contributed by atoms with Crippen molar-refractivity contribution < 1.29 is 29.6 Å². The lowest BCUT2D eigenvalue weighted by Crippen LogP contribution is -2.57. The average Bonchev–Trinajstić information content (AvgIpc) is 3.36. The Morgan fingerprint density at radius 1 is 1.15 bits per heavy atom. The number of rotatable bonds is 4.